The third-order valence-corrected chi connectivity index (χ3v) is 11.8. The summed E-state index contributed by atoms with van der Waals surface area (Å²) in [5, 5.41) is 35.8. The molecule has 0 aromatic carbocycles. The average molecular weight is 882 g/mol. The molecule has 1 fully saturated rings. The van der Waals surface area contributed by atoms with Gasteiger partial charge in [-0.25, -0.2) is 28.6 Å². The molecular weight excluding hydrogens is 835 g/mol. The number of aliphatic hydroxyl groups is 3. The minimum atomic E-state index is -5.58. The first-order chi connectivity index (χ1) is 25.9. The predicted octanol–water partition coefficient (Wildman–Crippen LogP) is -0.784. The Bertz CT molecular complexity index is 1820. The van der Waals surface area contributed by atoms with Crippen molar-refractivity contribution in [1.29, 1.82) is 0 Å². The van der Waals surface area contributed by atoms with Crippen LogP contribution in [0.3, 0.4) is 0 Å². The van der Waals surface area contributed by atoms with E-state index in [1.165, 1.54) is 13.8 Å². The second-order valence-corrected chi connectivity index (χ2v) is 18.3. The highest BCUT2D eigenvalue weighted by atomic mass is 32.2. The monoisotopic (exact) mass is 881 g/mol. The summed E-state index contributed by atoms with van der Waals surface area (Å²) in [5.74, 6) is -1.24. The van der Waals surface area contributed by atoms with Gasteiger partial charge in [-0.3, -0.25) is 32.5 Å². The molecule has 1 saturated heterocycles. The number of amides is 2. The first-order valence-electron chi connectivity index (χ1n) is 16.7. The number of hydrogen-bond donors (Lipinski definition) is 10. The fraction of sp³-hybridized carbons (Fsp3) is 0.704. The number of phosphoric ester groups is 3. The van der Waals surface area contributed by atoms with Gasteiger partial charge in [-0.2, -0.15) is 4.31 Å². The van der Waals surface area contributed by atoms with Crippen LogP contribution in [0, 0.1) is 5.41 Å². The summed E-state index contributed by atoms with van der Waals surface area (Å²) in [7, 11) is -16.4. The van der Waals surface area contributed by atoms with Crippen molar-refractivity contribution in [3.8, 4) is 0 Å². The van der Waals surface area contributed by atoms with E-state index >= 15 is 0 Å². The molecule has 0 radical (unpaired) electrons. The van der Waals surface area contributed by atoms with Crippen molar-refractivity contribution < 1.29 is 85.6 Å². The molecule has 0 aliphatic carbocycles. The number of nitrogen functional groups attached to an aromatic ring is 1. The molecule has 318 valence electrons. The second kappa shape index (κ2) is 20.5. The Kier molecular flexibility index (Phi) is 17.5. The molecular formula is C27H46N7O18P3S. The smallest absolute Gasteiger partial charge is 0.393 e. The molecule has 0 bridgehead atoms. The Balaban J connectivity index is 1.48. The number of fused-ring (bicyclic) bond motifs is 1. The highest BCUT2D eigenvalue weighted by Gasteiger charge is 2.50. The number of nitrogens with zero attached hydrogens (tertiary/aromatic N) is 4. The van der Waals surface area contributed by atoms with Crippen LogP contribution in [-0.4, -0.2) is 134 Å². The Labute approximate surface area is 323 Å². The molecule has 2 amide bonds. The van der Waals surface area contributed by atoms with Gasteiger partial charge in [0.2, 0.25) is 11.8 Å². The van der Waals surface area contributed by atoms with Gasteiger partial charge in [-0.15, -0.1) is 0 Å². The predicted molar refractivity (Wildman–Crippen MR) is 193 cm³/mol. The third kappa shape index (κ3) is 14.7. The number of anilines is 1. The summed E-state index contributed by atoms with van der Waals surface area (Å²) in [6.07, 6.45) is -6.45. The fourth-order valence-corrected chi connectivity index (χ4v) is 8.55. The summed E-state index contributed by atoms with van der Waals surface area (Å²) in [6, 6.07) is 0. The molecule has 3 rings (SSSR count). The van der Waals surface area contributed by atoms with Crippen LogP contribution >= 0.6 is 35.2 Å². The van der Waals surface area contributed by atoms with Crippen molar-refractivity contribution in [1.82, 2.24) is 30.2 Å². The van der Waals surface area contributed by atoms with E-state index in [0.717, 1.165) is 35.4 Å². The van der Waals surface area contributed by atoms with Crippen LogP contribution in [0.4, 0.5) is 5.82 Å². The Morgan fingerprint density at radius 1 is 1.05 bits per heavy atom. The van der Waals surface area contributed by atoms with Gasteiger partial charge in [-0.05, 0) is 6.42 Å². The lowest BCUT2D eigenvalue weighted by atomic mass is 9.87. The first-order valence-corrected chi connectivity index (χ1v) is 22.2. The van der Waals surface area contributed by atoms with Crippen LogP contribution < -0.4 is 16.4 Å². The number of carbonyl (C=O) groups excluding carboxylic acids is 3. The first kappa shape index (κ1) is 47.9. The highest BCUT2D eigenvalue weighted by molar-refractivity contribution is 8.13. The minimum Gasteiger partial charge on any atom is -0.393 e. The number of phosphoric acid groups is 3. The quantitative estimate of drug-likeness (QED) is 0.0483. The maximum atomic E-state index is 12.7. The van der Waals surface area contributed by atoms with Crippen molar-refractivity contribution in [2.45, 2.75) is 83.2 Å². The third-order valence-electron chi connectivity index (χ3n) is 7.79. The molecule has 1 aliphatic heterocycles. The minimum absolute atomic E-state index is 0.00827. The molecule has 0 saturated carbocycles. The number of rotatable bonds is 23. The van der Waals surface area contributed by atoms with Crippen LogP contribution in [0.5, 0.6) is 0 Å². The Morgan fingerprint density at radius 2 is 1.73 bits per heavy atom. The number of imidazole rings is 1. The van der Waals surface area contributed by atoms with E-state index in [4.69, 9.17) is 19.5 Å². The van der Waals surface area contributed by atoms with Crippen molar-refractivity contribution in [2.24, 2.45) is 5.41 Å². The van der Waals surface area contributed by atoms with Gasteiger partial charge in [0.1, 0.15) is 36.3 Å². The van der Waals surface area contributed by atoms with Gasteiger partial charge in [0.05, 0.1) is 25.6 Å². The number of hydrogen-bond acceptors (Lipinski definition) is 19. The van der Waals surface area contributed by atoms with E-state index in [1.54, 1.807) is 0 Å². The highest BCUT2D eigenvalue weighted by Crippen LogP contribution is 2.61. The molecule has 56 heavy (non-hydrogen) atoms. The van der Waals surface area contributed by atoms with Gasteiger partial charge in [-0.1, -0.05) is 39.0 Å². The molecule has 29 heteroatoms. The normalized spacial score (nSPS) is 22.2. The van der Waals surface area contributed by atoms with E-state index < -0.39 is 90.7 Å². The van der Waals surface area contributed by atoms with Gasteiger partial charge in [0.15, 0.2) is 22.8 Å². The van der Waals surface area contributed by atoms with Crippen molar-refractivity contribution in [3.63, 3.8) is 0 Å². The Hall–Kier alpha value is -2.48. The van der Waals surface area contributed by atoms with Gasteiger partial charge >= 0.3 is 23.5 Å². The largest absolute Gasteiger partial charge is 0.481 e. The summed E-state index contributed by atoms with van der Waals surface area (Å²) < 4.78 is 62.0. The lowest BCUT2D eigenvalue weighted by Gasteiger charge is -2.30. The topological polar surface area (TPSA) is 384 Å². The van der Waals surface area contributed by atoms with Crippen LogP contribution in [0.1, 0.15) is 52.7 Å². The van der Waals surface area contributed by atoms with Crippen molar-refractivity contribution in [3.05, 3.63) is 12.7 Å². The number of aliphatic hydroxyl groups excluding tert-OH is 3. The van der Waals surface area contributed by atoms with Gasteiger partial charge < -0.3 is 56.0 Å². The molecule has 0 spiro atoms. The summed E-state index contributed by atoms with van der Waals surface area (Å²) in [4.78, 5) is 87.3. The maximum absolute atomic E-state index is 12.7. The molecule has 2 aromatic heterocycles. The number of ether oxygens (including phenoxy) is 1. The maximum Gasteiger partial charge on any atom is 0.481 e. The summed E-state index contributed by atoms with van der Waals surface area (Å²) in [5.41, 5.74) is 4.24. The van der Waals surface area contributed by atoms with E-state index in [2.05, 4.69) is 34.4 Å². The van der Waals surface area contributed by atoms with Crippen LogP contribution in [0.25, 0.3) is 11.2 Å². The summed E-state index contributed by atoms with van der Waals surface area (Å²) in [6.45, 7) is 2.26. The molecule has 8 atom stereocenters. The lowest BCUT2D eigenvalue weighted by Crippen LogP contribution is -2.46. The molecule has 11 N–H and O–H groups in total. The molecule has 3 heterocycles. The SMILES string of the molecule is CCCC(O)CC(=O)SCCNC(=O)CCNC(=O)[C@H](O)C(C)(C)COP(=O)(O)OP(=O)(O)OC[C@H]1O[C@@H](n2cnc3c(N)ncnc32)[C@H](O)[C@@H]1OP(=O)(O)O. The zero-order chi connectivity index (χ0) is 42.1. The van der Waals surface area contributed by atoms with Crippen molar-refractivity contribution in [2.75, 3.05) is 37.8 Å². The standard InChI is InChI=1S/C27H46N7O18P3S/c1-4-5-15(35)10-18(37)56-9-8-29-17(36)6-7-30-25(40)22(39)27(2,3)12-49-55(46,47)52-54(44,45)48-11-16-21(51-53(41,42)43)20(38)26(50-16)34-14-33-19-23(28)31-13-32-24(19)34/h13-16,20-22,26,35,38-39H,4-12H2,1-3H3,(H,29,36)(H,30,40)(H,44,45)(H,46,47)(H2,28,31,32)(H2,41,42,43)/t15?,16-,20-,21-,22+,26-/m1/s1. The van der Waals surface area contributed by atoms with Crippen LogP contribution in [-0.2, 0) is 50.7 Å². The number of nitrogens with one attached hydrogen (secondary N) is 2. The Morgan fingerprint density at radius 3 is 2.39 bits per heavy atom. The molecule has 25 nitrogen and oxygen atoms in total. The zero-order valence-corrected chi connectivity index (χ0v) is 33.7. The average Bonchev–Trinajstić information content (AvgIpc) is 3.64. The van der Waals surface area contributed by atoms with E-state index in [1.807, 2.05) is 6.92 Å². The number of thioether (sulfide) groups is 1. The number of aromatic nitrogens is 4. The second-order valence-electron chi connectivity index (χ2n) is 12.9. The van der Waals surface area contributed by atoms with E-state index in [0.29, 0.717) is 6.42 Å². The van der Waals surface area contributed by atoms with Gasteiger partial charge in [0.25, 0.3) is 0 Å². The molecule has 2 aromatic rings. The fourth-order valence-electron chi connectivity index (χ4n) is 4.98. The van der Waals surface area contributed by atoms with Crippen LogP contribution in [0.2, 0.25) is 0 Å². The molecule has 1 aliphatic rings. The summed E-state index contributed by atoms with van der Waals surface area (Å²) >= 11 is 0.964. The van der Waals surface area contributed by atoms with E-state index in [-0.39, 0.29) is 53.8 Å². The zero-order valence-electron chi connectivity index (χ0n) is 30.2. The van der Waals surface area contributed by atoms with Crippen molar-refractivity contribution >= 4 is 69.1 Å². The molecule has 3 unspecified atom stereocenters. The number of carbonyl (C=O) groups is 3. The number of nitrogens with two attached hydrogens (primary N) is 1. The van der Waals surface area contributed by atoms with Gasteiger partial charge in [0, 0.05) is 37.1 Å². The van der Waals surface area contributed by atoms with E-state index in [9.17, 15) is 63.0 Å². The van der Waals surface area contributed by atoms with Crippen LogP contribution in [0.15, 0.2) is 12.7 Å². The lowest BCUT2D eigenvalue weighted by molar-refractivity contribution is -0.137.